The van der Waals surface area contributed by atoms with Gasteiger partial charge in [0.1, 0.15) is 5.75 Å². The van der Waals surface area contributed by atoms with Crippen molar-refractivity contribution in [3.8, 4) is 5.75 Å². The molecule has 0 fully saturated rings. The van der Waals surface area contributed by atoms with Crippen molar-refractivity contribution in [3.05, 3.63) is 29.8 Å². The van der Waals surface area contributed by atoms with Gasteiger partial charge in [0, 0.05) is 0 Å². The number of hydrogen-bond donors (Lipinski definition) is 1. The lowest BCUT2D eigenvalue weighted by molar-refractivity contribution is 0.409. The molecule has 0 aliphatic rings. The van der Waals surface area contributed by atoms with Crippen LogP contribution in [0.15, 0.2) is 24.3 Å². The van der Waals surface area contributed by atoms with Crippen molar-refractivity contribution in [2.45, 2.75) is 12.8 Å². The smallest absolute Gasteiger partial charge is 0.264 e. The van der Waals surface area contributed by atoms with E-state index in [-0.39, 0.29) is 5.75 Å². The Morgan fingerprint density at radius 2 is 2.00 bits per heavy atom. The molecule has 0 amide bonds. The molecule has 0 atom stereocenters. The molecule has 1 rings (SSSR count). The van der Waals surface area contributed by atoms with Gasteiger partial charge in [-0.15, -0.1) is 0 Å². The molecule has 1 N–H and O–H groups in total. The van der Waals surface area contributed by atoms with Crippen molar-refractivity contribution in [1.29, 1.82) is 0 Å². The lowest BCUT2D eigenvalue weighted by Crippen LogP contribution is -2.05. The van der Waals surface area contributed by atoms with Crippen molar-refractivity contribution in [3.63, 3.8) is 0 Å². The van der Waals surface area contributed by atoms with Gasteiger partial charge in [-0.05, 0) is 24.5 Å². The van der Waals surface area contributed by atoms with E-state index in [1.54, 1.807) is 7.11 Å². The third kappa shape index (κ3) is 4.31. The number of para-hydroxylation sites is 1. The highest BCUT2D eigenvalue weighted by Crippen LogP contribution is 2.18. The summed E-state index contributed by atoms with van der Waals surface area (Å²) in [6.45, 7) is 0. The molecule has 0 aliphatic heterocycles. The van der Waals surface area contributed by atoms with Gasteiger partial charge in [-0.3, -0.25) is 4.55 Å². The highest BCUT2D eigenvalue weighted by molar-refractivity contribution is 7.85. The van der Waals surface area contributed by atoms with Gasteiger partial charge in [0.2, 0.25) is 0 Å². The number of hydrogen-bond acceptors (Lipinski definition) is 3. The normalized spacial score (nSPS) is 11.3. The number of aryl methyl sites for hydroxylation is 1. The predicted molar refractivity (Wildman–Crippen MR) is 57.7 cm³/mol. The van der Waals surface area contributed by atoms with Crippen molar-refractivity contribution in [2.24, 2.45) is 0 Å². The molecular formula is C10H14O4S. The van der Waals surface area contributed by atoms with Crippen LogP contribution in [0.4, 0.5) is 0 Å². The zero-order valence-electron chi connectivity index (χ0n) is 8.51. The summed E-state index contributed by atoms with van der Waals surface area (Å²) in [5, 5.41) is 0. The molecule has 0 unspecified atom stereocenters. The fraction of sp³-hybridized carbons (Fsp3) is 0.400. The molecule has 0 radical (unpaired) electrons. The maximum atomic E-state index is 10.5. The molecule has 5 heteroatoms. The number of ether oxygens (including phenoxy) is 1. The first-order valence-corrected chi connectivity index (χ1v) is 6.21. The Balaban J connectivity index is 2.58. The van der Waals surface area contributed by atoms with Crippen LogP contribution in [0.5, 0.6) is 5.75 Å². The van der Waals surface area contributed by atoms with Crippen LogP contribution >= 0.6 is 0 Å². The monoisotopic (exact) mass is 230 g/mol. The predicted octanol–water partition coefficient (Wildman–Crippen LogP) is 1.52. The van der Waals surface area contributed by atoms with Crippen LogP contribution in [0.2, 0.25) is 0 Å². The SMILES string of the molecule is COc1ccccc1CCCS(=O)(=O)O. The molecular weight excluding hydrogens is 216 g/mol. The zero-order valence-corrected chi connectivity index (χ0v) is 9.33. The number of rotatable bonds is 5. The Bertz CT molecular complexity index is 411. The molecule has 4 nitrogen and oxygen atoms in total. The van der Waals surface area contributed by atoms with Crippen molar-refractivity contribution in [2.75, 3.05) is 12.9 Å². The standard InChI is InChI=1S/C10H14O4S/c1-14-10-7-3-2-5-9(10)6-4-8-15(11,12)13/h2-3,5,7H,4,6,8H2,1H3,(H,11,12,13). The largest absolute Gasteiger partial charge is 0.496 e. The Morgan fingerprint density at radius 3 is 2.60 bits per heavy atom. The second-order valence-corrected chi connectivity index (χ2v) is 4.77. The van der Waals surface area contributed by atoms with E-state index in [0.29, 0.717) is 12.8 Å². The van der Waals surface area contributed by atoms with Crippen LogP contribution < -0.4 is 4.74 Å². The van der Waals surface area contributed by atoms with Gasteiger partial charge < -0.3 is 4.74 Å². The zero-order chi connectivity index (χ0) is 11.3. The fourth-order valence-electron chi connectivity index (χ4n) is 1.35. The van der Waals surface area contributed by atoms with E-state index in [1.165, 1.54) is 0 Å². The van der Waals surface area contributed by atoms with E-state index < -0.39 is 10.1 Å². The second-order valence-electron chi connectivity index (χ2n) is 3.20. The average Bonchev–Trinajstić information content (AvgIpc) is 2.16. The topological polar surface area (TPSA) is 63.6 Å². The maximum absolute atomic E-state index is 10.5. The third-order valence-corrected chi connectivity index (χ3v) is 2.85. The van der Waals surface area contributed by atoms with Gasteiger partial charge in [-0.25, -0.2) is 0 Å². The van der Waals surface area contributed by atoms with E-state index in [9.17, 15) is 8.42 Å². The third-order valence-electron chi connectivity index (χ3n) is 2.04. The highest BCUT2D eigenvalue weighted by atomic mass is 32.2. The molecule has 1 aromatic rings. The van der Waals surface area contributed by atoms with Crippen LogP contribution in [-0.2, 0) is 16.5 Å². The Hall–Kier alpha value is -1.07. The van der Waals surface area contributed by atoms with Crippen LogP contribution in [0.3, 0.4) is 0 Å². The minimum Gasteiger partial charge on any atom is -0.496 e. The van der Waals surface area contributed by atoms with Crippen LogP contribution in [-0.4, -0.2) is 25.8 Å². The van der Waals surface area contributed by atoms with Crippen LogP contribution in [0.1, 0.15) is 12.0 Å². The molecule has 15 heavy (non-hydrogen) atoms. The van der Waals surface area contributed by atoms with Gasteiger partial charge in [-0.1, -0.05) is 18.2 Å². The van der Waals surface area contributed by atoms with E-state index in [2.05, 4.69) is 0 Å². The summed E-state index contributed by atoms with van der Waals surface area (Å²) >= 11 is 0. The summed E-state index contributed by atoms with van der Waals surface area (Å²) in [7, 11) is -2.28. The number of methoxy groups -OCH3 is 1. The quantitative estimate of drug-likeness (QED) is 0.779. The fourth-order valence-corrected chi connectivity index (χ4v) is 1.86. The van der Waals surface area contributed by atoms with Gasteiger partial charge in [0.05, 0.1) is 12.9 Å². The van der Waals surface area contributed by atoms with Crippen molar-refractivity contribution in [1.82, 2.24) is 0 Å². The van der Waals surface area contributed by atoms with E-state index in [1.807, 2.05) is 24.3 Å². The van der Waals surface area contributed by atoms with Crippen LogP contribution in [0, 0.1) is 0 Å². The maximum Gasteiger partial charge on any atom is 0.264 e. The number of benzene rings is 1. The second kappa shape index (κ2) is 5.14. The molecule has 0 bridgehead atoms. The Kier molecular flexibility index (Phi) is 4.11. The molecule has 0 saturated heterocycles. The summed E-state index contributed by atoms with van der Waals surface area (Å²) < 4.78 is 34.7. The molecule has 0 heterocycles. The van der Waals surface area contributed by atoms with E-state index in [0.717, 1.165) is 11.3 Å². The molecule has 1 aromatic carbocycles. The molecule has 0 aliphatic carbocycles. The van der Waals surface area contributed by atoms with E-state index in [4.69, 9.17) is 9.29 Å². The first-order valence-electron chi connectivity index (χ1n) is 4.60. The molecule has 84 valence electrons. The summed E-state index contributed by atoms with van der Waals surface area (Å²) in [6.07, 6.45) is 0.961. The van der Waals surface area contributed by atoms with Crippen LogP contribution in [0.25, 0.3) is 0 Å². The average molecular weight is 230 g/mol. The highest BCUT2D eigenvalue weighted by Gasteiger charge is 2.06. The summed E-state index contributed by atoms with van der Waals surface area (Å²) in [6, 6.07) is 7.42. The minimum atomic E-state index is -3.85. The Labute approximate surface area is 89.6 Å². The first kappa shape index (κ1) is 12.0. The summed E-state index contributed by atoms with van der Waals surface area (Å²) in [5.41, 5.74) is 0.948. The van der Waals surface area contributed by atoms with Gasteiger partial charge in [-0.2, -0.15) is 8.42 Å². The minimum absolute atomic E-state index is 0.217. The van der Waals surface area contributed by atoms with E-state index >= 15 is 0 Å². The lowest BCUT2D eigenvalue weighted by atomic mass is 10.1. The summed E-state index contributed by atoms with van der Waals surface area (Å²) in [4.78, 5) is 0. The van der Waals surface area contributed by atoms with Gasteiger partial charge in [0.25, 0.3) is 10.1 Å². The van der Waals surface area contributed by atoms with Gasteiger partial charge in [0.15, 0.2) is 0 Å². The molecule has 0 spiro atoms. The molecule has 0 saturated carbocycles. The van der Waals surface area contributed by atoms with Crippen molar-refractivity contribution < 1.29 is 17.7 Å². The summed E-state index contributed by atoms with van der Waals surface area (Å²) in [5.74, 6) is 0.526. The first-order chi connectivity index (χ1) is 7.03. The van der Waals surface area contributed by atoms with Gasteiger partial charge >= 0.3 is 0 Å². The van der Waals surface area contributed by atoms with Crippen molar-refractivity contribution >= 4 is 10.1 Å². The lowest BCUT2D eigenvalue weighted by Gasteiger charge is -2.06. The Morgan fingerprint density at radius 1 is 1.33 bits per heavy atom. The molecule has 0 aromatic heterocycles.